The lowest BCUT2D eigenvalue weighted by molar-refractivity contribution is -0.173. The highest BCUT2D eigenvalue weighted by molar-refractivity contribution is 6.00. The number of hydrogen-bond acceptors (Lipinski definition) is 3. The summed E-state index contributed by atoms with van der Waals surface area (Å²) in [4.78, 5) is 13.5. The van der Waals surface area contributed by atoms with Gasteiger partial charge < -0.3 is 5.32 Å². The van der Waals surface area contributed by atoms with Crippen LogP contribution in [0.2, 0.25) is 0 Å². The summed E-state index contributed by atoms with van der Waals surface area (Å²) in [6, 6.07) is 25.1. The summed E-state index contributed by atoms with van der Waals surface area (Å²) >= 11 is 0. The van der Waals surface area contributed by atoms with E-state index in [-0.39, 0.29) is 35.9 Å². The van der Waals surface area contributed by atoms with Crippen LogP contribution in [-0.2, 0) is 6.42 Å². The van der Waals surface area contributed by atoms with Gasteiger partial charge in [-0.15, -0.1) is 0 Å². The molecule has 1 aliphatic rings. The molecule has 1 aromatic heterocycles. The van der Waals surface area contributed by atoms with Crippen molar-refractivity contribution in [2.75, 3.05) is 5.32 Å². The molecule has 0 saturated heterocycles. The molecule has 196 valence electrons. The molecule has 1 N–H and O–H groups in total. The van der Waals surface area contributed by atoms with Gasteiger partial charge in [0.25, 0.3) is 0 Å². The SMILES string of the molecule is CCc1ccc(C2CC(C(F)(F)F)n3ncc(C(=O)CCC(c4ccccc4)c4ccccc4)c3N2)cc1. The summed E-state index contributed by atoms with van der Waals surface area (Å²) in [5.74, 6) is -0.0869. The standard InChI is InChI=1S/C31H30F3N3O/c1-2-21-13-15-24(16-14-21)27-19-29(31(32,33)34)37-30(36-27)26(20-35-37)28(38)18-17-25(22-9-5-3-6-10-22)23-11-7-4-8-12-23/h3-16,20,25,27,29,36H,2,17-19H2,1H3. The Bertz CT molecular complexity index is 1330. The Labute approximate surface area is 220 Å². The van der Waals surface area contributed by atoms with Crippen LogP contribution < -0.4 is 5.32 Å². The normalized spacial score (nSPS) is 17.2. The van der Waals surface area contributed by atoms with E-state index < -0.39 is 18.3 Å². The van der Waals surface area contributed by atoms with Crippen molar-refractivity contribution in [3.8, 4) is 0 Å². The summed E-state index contributed by atoms with van der Waals surface area (Å²) in [5.41, 5.74) is 4.26. The van der Waals surface area contributed by atoms with Gasteiger partial charge in [0.15, 0.2) is 11.8 Å². The number of carbonyl (C=O) groups is 1. The smallest absolute Gasteiger partial charge is 0.363 e. The predicted octanol–water partition coefficient (Wildman–Crippen LogP) is 7.90. The average molecular weight is 518 g/mol. The molecule has 38 heavy (non-hydrogen) atoms. The third-order valence-corrected chi connectivity index (χ3v) is 7.39. The monoisotopic (exact) mass is 517 g/mol. The molecule has 2 unspecified atom stereocenters. The van der Waals surface area contributed by atoms with E-state index in [0.29, 0.717) is 6.42 Å². The van der Waals surface area contributed by atoms with E-state index >= 15 is 0 Å². The third-order valence-electron chi connectivity index (χ3n) is 7.39. The average Bonchev–Trinajstić information content (AvgIpc) is 3.37. The second-order valence-electron chi connectivity index (χ2n) is 9.77. The quantitative estimate of drug-likeness (QED) is 0.242. The van der Waals surface area contributed by atoms with Crippen LogP contribution in [-0.4, -0.2) is 21.7 Å². The Morgan fingerprint density at radius 3 is 2.13 bits per heavy atom. The minimum Gasteiger partial charge on any atom is -0.363 e. The summed E-state index contributed by atoms with van der Waals surface area (Å²) in [6.07, 6.45) is -1.84. The number of carbonyl (C=O) groups excluding carboxylic acids is 1. The number of Topliss-reactive ketones (excluding diaryl/α,β-unsaturated/α-hetero) is 1. The number of alkyl halides is 3. The molecule has 3 aromatic carbocycles. The van der Waals surface area contributed by atoms with Gasteiger partial charge in [0.05, 0.1) is 17.8 Å². The number of benzene rings is 3. The molecule has 0 fully saturated rings. The number of aryl methyl sites for hydroxylation is 1. The van der Waals surface area contributed by atoms with E-state index in [0.717, 1.165) is 33.4 Å². The van der Waals surface area contributed by atoms with Gasteiger partial charge in [-0.05, 0) is 35.1 Å². The van der Waals surface area contributed by atoms with Crippen molar-refractivity contribution in [2.24, 2.45) is 0 Å². The van der Waals surface area contributed by atoms with E-state index in [1.54, 1.807) is 0 Å². The van der Waals surface area contributed by atoms with Crippen LogP contribution in [0.25, 0.3) is 0 Å². The maximum absolute atomic E-state index is 14.1. The molecule has 7 heteroatoms. The van der Waals surface area contributed by atoms with Gasteiger partial charge >= 0.3 is 6.18 Å². The predicted molar refractivity (Wildman–Crippen MR) is 142 cm³/mol. The maximum Gasteiger partial charge on any atom is 0.410 e. The van der Waals surface area contributed by atoms with Crippen LogP contribution >= 0.6 is 0 Å². The van der Waals surface area contributed by atoms with Crippen molar-refractivity contribution < 1.29 is 18.0 Å². The third kappa shape index (κ3) is 5.37. The molecule has 0 amide bonds. The highest BCUT2D eigenvalue weighted by Gasteiger charge is 2.47. The molecule has 0 aliphatic carbocycles. The molecular weight excluding hydrogens is 487 g/mol. The minimum absolute atomic E-state index is 0.00605. The minimum atomic E-state index is -4.49. The molecule has 1 aliphatic heterocycles. The second kappa shape index (κ2) is 10.9. The molecule has 0 bridgehead atoms. The second-order valence-corrected chi connectivity index (χ2v) is 9.77. The van der Waals surface area contributed by atoms with Crippen molar-refractivity contribution in [1.82, 2.24) is 9.78 Å². The molecule has 0 spiro atoms. The van der Waals surface area contributed by atoms with Crippen molar-refractivity contribution in [3.63, 3.8) is 0 Å². The van der Waals surface area contributed by atoms with E-state index in [1.807, 2.05) is 91.9 Å². The van der Waals surface area contributed by atoms with Crippen LogP contribution in [0.1, 0.15) is 76.8 Å². The van der Waals surface area contributed by atoms with E-state index in [9.17, 15) is 18.0 Å². The number of nitrogens with zero attached hydrogens (tertiary/aromatic N) is 2. The fourth-order valence-electron chi connectivity index (χ4n) is 5.28. The van der Waals surface area contributed by atoms with Gasteiger partial charge in [0.1, 0.15) is 5.82 Å². The van der Waals surface area contributed by atoms with Crippen LogP contribution in [0.4, 0.5) is 19.0 Å². The summed E-state index contributed by atoms with van der Waals surface area (Å²) < 4.78 is 43.2. The van der Waals surface area contributed by atoms with Gasteiger partial charge in [-0.2, -0.15) is 18.3 Å². The lowest BCUT2D eigenvalue weighted by Gasteiger charge is -2.34. The number of aromatic nitrogens is 2. The van der Waals surface area contributed by atoms with E-state index in [1.165, 1.54) is 6.20 Å². The summed E-state index contributed by atoms with van der Waals surface area (Å²) in [7, 11) is 0. The Hall–Kier alpha value is -3.87. The molecule has 5 rings (SSSR count). The zero-order valence-corrected chi connectivity index (χ0v) is 21.2. The number of halogens is 3. The van der Waals surface area contributed by atoms with Crippen molar-refractivity contribution in [3.05, 3.63) is 119 Å². The first kappa shape index (κ1) is 25.8. The maximum atomic E-state index is 14.1. The molecule has 2 heterocycles. The topological polar surface area (TPSA) is 46.9 Å². The fourth-order valence-corrected chi connectivity index (χ4v) is 5.28. The lowest BCUT2D eigenvalue weighted by atomic mass is 9.86. The molecule has 0 saturated carbocycles. The van der Waals surface area contributed by atoms with Crippen LogP contribution in [0.15, 0.2) is 91.1 Å². The molecular formula is C31H30F3N3O. The Morgan fingerprint density at radius 1 is 0.974 bits per heavy atom. The van der Waals surface area contributed by atoms with Crippen molar-refractivity contribution in [1.29, 1.82) is 0 Å². The summed E-state index contributed by atoms with van der Waals surface area (Å²) in [5, 5.41) is 7.25. The van der Waals surface area contributed by atoms with Gasteiger partial charge in [0.2, 0.25) is 0 Å². The highest BCUT2D eigenvalue weighted by Crippen LogP contribution is 2.44. The van der Waals surface area contributed by atoms with Gasteiger partial charge in [0, 0.05) is 18.8 Å². The van der Waals surface area contributed by atoms with E-state index in [4.69, 9.17) is 0 Å². The zero-order chi connectivity index (χ0) is 26.7. The summed E-state index contributed by atoms with van der Waals surface area (Å²) in [6.45, 7) is 2.03. The van der Waals surface area contributed by atoms with Gasteiger partial charge in [-0.1, -0.05) is 91.9 Å². The fraction of sp³-hybridized carbons (Fsp3) is 0.290. The van der Waals surface area contributed by atoms with Crippen LogP contribution in [0.3, 0.4) is 0 Å². The number of rotatable bonds is 8. The van der Waals surface area contributed by atoms with Crippen LogP contribution in [0, 0.1) is 0 Å². The van der Waals surface area contributed by atoms with Gasteiger partial charge in [-0.25, -0.2) is 4.68 Å². The Kier molecular flexibility index (Phi) is 7.36. The van der Waals surface area contributed by atoms with Crippen LogP contribution in [0.5, 0.6) is 0 Å². The van der Waals surface area contributed by atoms with E-state index in [2.05, 4.69) is 10.4 Å². The number of fused-ring (bicyclic) bond motifs is 1. The van der Waals surface area contributed by atoms with Crippen molar-refractivity contribution in [2.45, 2.75) is 56.8 Å². The van der Waals surface area contributed by atoms with Crippen molar-refractivity contribution >= 4 is 11.6 Å². The Morgan fingerprint density at radius 2 is 1.58 bits per heavy atom. The number of ketones is 1. The lowest BCUT2D eigenvalue weighted by Crippen LogP contribution is -2.36. The number of anilines is 1. The largest absolute Gasteiger partial charge is 0.410 e. The van der Waals surface area contributed by atoms with Gasteiger partial charge in [-0.3, -0.25) is 4.79 Å². The highest BCUT2D eigenvalue weighted by atomic mass is 19.4. The zero-order valence-electron chi connectivity index (χ0n) is 21.2. The molecule has 4 aromatic rings. The first-order chi connectivity index (χ1) is 18.3. The number of nitrogens with one attached hydrogen (secondary N) is 1. The number of hydrogen-bond donors (Lipinski definition) is 1. The first-order valence-corrected chi connectivity index (χ1v) is 13.0. The molecule has 2 atom stereocenters. The molecule has 0 radical (unpaired) electrons. The molecule has 4 nitrogen and oxygen atoms in total. The Balaban J connectivity index is 1.41. The first-order valence-electron chi connectivity index (χ1n) is 13.0.